The Hall–Kier alpha value is -0.570. The van der Waals surface area contributed by atoms with Gasteiger partial charge in [0.05, 0.1) is 5.92 Å². The van der Waals surface area contributed by atoms with Gasteiger partial charge in [0.1, 0.15) is 0 Å². The molecule has 1 atom stereocenters. The topological polar surface area (TPSA) is 49.3 Å². The maximum atomic E-state index is 10.6. The van der Waals surface area contributed by atoms with Crippen LogP contribution >= 0.6 is 0 Å². The summed E-state index contributed by atoms with van der Waals surface area (Å²) in [6.45, 7) is 12.3. The summed E-state index contributed by atoms with van der Waals surface area (Å²) in [5.41, 5.74) is 0.270. The van der Waals surface area contributed by atoms with E-state index in [0.29, 0.717) is 12.3 Å². The third kappa shape index (κ3) is 5.78. The van der Waals surface area contributed by atoms with E-state index >= 15 is 0 Å². The van der Waals surface area contributed by atoms with Crippen molar-refractivity contribution in [3.05, 3.63) is 0 Å². The summed E-state index contributed by atoms with van der Waals surface area (Å²) in [5.74, 6) is -0.332. The molecule has 0 amide bonds. The first-order valence-corrected chi connectivity index (χ1v) is 5.71. The van der Waals surface area contributed by atoms with Crippen molar-refractivity contribution in [3.63, 3.8) is 0 Å². The maximum absolute atomic E-state index is 10.6. The summed E-state index contributed by atoms with van der Waals surface area (Å²) in [4.78, 5) is 10.6. The summed E-state index contributed by atoms with van der Waals surface area (Å²) in [5, 5.41) is 12.0. The Balaban J connectivity index is 3.67. The van der Waals surface area contributed by atoms with Gasteiger partial charge in [0, 0.05) is 6.54 Å². The van der Waals surface area contributed by atoms with E-state index in [1.54, 1.807) is 6.92 Å². The van der Waals surface area contributed by atoms with Crippen molar-refractivity contribution < 1.29 is 9.90 Å². The molecule has 0 spiro atoms. The first kappa shape index (κ1) is 14.4. The van der Waals surface area contributed by atoms with Crippen molar-refractivity contribution in [2.24, 2.45) is 17.3 Å². The molecule has 0 aliphatic rings. The number of rotatable bonds is 7. The zero-order valence-corrected chi connectivity index (χ0v) is 10.6. The number of aliphatic carboxylic acids is 1. The predicted molar refractivity (Wildman–Crippen MR) is 62.9 cm³/mol. The van der Waals surface area contributed by atoms with Crippen molar-refractivity contribution in [1.82, 2.24) is 5.32 Å². The number of carboxylic acid groups (broad SMARTS) is 1. The summed E-state index contributed by atoms with van der Waals surface area (Å²) in [7, 11) is 0. The van der Waals surface area contributed by atoms with Crippen LogP contribution < -0.4 is 5.32 Å². The third-order valence-corrected chi connectivity index (χ3v) is 3.32. The number of hydrogen-bond acceptors (Lipinski definition) is 2. The van der Waals surface area contributed by atoms with E-state index in [2.05, 4.69) is 33.0 Å². The van der Waals surface area contributed by atoms with Crippen LogP contribution in [0.25, 0.3) is 0 Å². The van der Waals surface area contributed by atoms with Crippen molar-refractivity contribution in [3.8, 4) is 0 Å². The zero-order chi connectivity index (χ0) is 12.1. The molecule has 0 aromatic carbocycles. The minimum absolute atomic E-state index is 0.250. The van der Waals surface area contributed by atoms with Gasteiger partial charge in [0.25, 0.3) is 0 Å². The molecule has 0 saturated heterocycles. The van der Waals surface area contributed by atoms with Crippen LogP contribution in [0.5, 0.6) is 0 Å². The number of nitrogens with one attached hydrogen (secondary N) is 1. The van der Waals surface area contributed by atoms with E-state index in [-0.39, 0.29) is 11.3 Å². The zero-order valence-electron chi connectivity index (χ0n) is 10.6. The molecular formula is C12H25NO2. The molecule has 0 aromatic rings. The summed E-state index contributed by atoms with van der Waals surface area (Å²) in [6, 6.07) is 0. The third-order valence-electron chi connectivity index (χ3n) is 3.32. The predicted octanol–water partition coefficient (Wildman–Crippen LogP) is 2.37. The molecule has 0 bridgehead atoms. The van der Waals surface area contributed by atoms with E-state index in [1.165, 1.54) is 0 Å². The molecule has 90 valence electrons. The molecule has 0 saturated carbocycles. The molecule has 0 rings (SSSR count). The first-order chi connectivity index (χ1) is 6.77. The van der Waals surface area contributed by atoms with Crippen LogP contribution in [0.4, 0.5) is 0 Å². The Kier molecular flexibility index (Phi) is 5.88. The number of carbonyl (C=O) groups is 1. The fourth-order valence-electron chi connectivity index (χ4n) is 1.06. The monoisotopic (exact) mass is 215 g/mol. The Morgan fingerprint density at radius 2 is 1.87 bits per heavy atom. The average Bonchev–Trinajstić information content (AvgIpc) is 2.11. The van der Waals surface area contributed by atoms with E-state index in [0.717, 1.165) is 13.1 Å². The standard InChI is InChI=1S/C12H25NO2/c1-9(2)12(4,5)8-13-7-6-10(3)11(14)15/h9-10,13H,6-8H2,1-5H3,(H,14,15). The van der Waals surface area contributed by atoms with Crippen molar-refractivity contribution in [2.45, 2.75) is 41.0 Å². The van der Waals surface area contributed by atoms with E-state index in [4.69, 9.17) is 5.11 Å². The Morgan fingerprint density at radius 3 is 2.27 bits per heavy atom. The normalized spacial score (nSPS) is 14.3. The molecule has 0 aromatic heterocycles. The number of carboxylic acids is 1. The van der Waals surface area contributed by atoms with Gasteiger partial charge in [0.2, 0.25) is 0 Å². The van der Waals surface area contributed by atoms with Crippen LogP contribution in [0.15, 0.2) is 0 Å². The molecule has 0 radical (unpaired) electrons. The lowest BCUT2D eigenvalue weighted by Gasteiger charge is -2.29. The SMILES string of the molecule is CC(CCNCC(C)(C)C(C)C)C(=O)O. The minimum Gasteiger partial charge on any atom is -0.481 e. The second-order valence-corrected chi connectivity index (χ2v) is 5.35. The maximum Gasteiger partial charge on any atom is 0.306 e. The van der Waals surface area contributed by atoms with E-state index < -0.39 is 5.97 Å². The molecular weight excluding hydrogens is 190 g/mol. The first-order valence-electron chi connectivity index (χ1n) is 5.71. The Labute approximate surface area is 93.3 Å². The lowest BCUT2D eigenvalue weighted by Crippen LogP contribution is -2.34. The second-order valence-electron chi connectivity index (χ2n) is 5.35. The van der Waals surface area contributed by atoms with Crippen molar-refractivity contribution >= 4 is 5.97 Å². The molecule has 1 unspecified atom stereocenters. The van der Waals surface area contributed by atoms with Gasteiger partial charge in [-0.25, -0.2) is 0 Å². The fourth-order valence-corrected chi connectivity index (χ4v) is 1.06. The van der Waals surface area contributed by atoms with Crippen molar-refractivity contribution in [1.29, 1.82) is 0 Å². The Morgan fingerprint density at radius 1 is 1.33 bits per heavy atom. The fraction of sp³-hybridized carbons (Fsp3) is 0.917. The highest BCUT2D eigenvalue weighted by atomic mass is 16.4. The molecule has 3 heteroatoms. The van der Waals surface area contributed by atoms with E-state index in [9.17, 15) is 4.79 Å². The van der Waals surface area contributed by atoms with Crippen LogP contribution in [0, 0.1) is 17.3 Å². The molecule has 0 fully saturated rings. The lowest BCUT2D eigenvalue weighted by atomic mass is 9.81. The Bertz CT molecular complexity index is 200. The highest BCUT2D eigenvalue weighted by Crippen LogP contribution is 2.24. The van der Waals surface area contributed by atoms with Gasteiger partial charge in [-0.1, -0.05) is 34.6 Å². The van der Waals surface area contributed by atoms with Crippen LogP contribution in [0.2, 0.25) is 0 Å². The van der Waals surface area contributed by atoms with Gasteiger partial charge in [-0.05, 0) is 24.3 Å². The summed E-state index contributed by atoms with van der Waals surface area (Å²) < 4.78 is 0. The molecule has 2 N–H and O–H groups in total. The average molecular weight is 215 g/mol. The molecule has 0 aliphatic carbocycles. The van der Waals surface area contributed by atoms with Crippen LogP contribution in [0.3, 0.4) is 0 Å². The second kappa shape index (κ2) is 6.11. The van der Waals surface area contributed by atoms with Gasteiger partial charge < -0.3 is 10.4 Å². The highest BCUT2D eigenvalue weighted by Gasteiger charge is 2.21. The van der Waals surface area contributed by atoms with Gasteiger partial charge >= 0.3 is 5.97 Å². The quantitative estimate of drug-likeness (QED) is 0.641. The smallest absolute Gasteiger partial charge is 0.306 e. The van der Waals surface area contributed by atoms with Gasteiger partial charge in [-0.15, -0.1) is 0 Å². The van der Waals surface area contributed by atoms with Crippen LogP contribution in [-0.2, 0) is 4.79 Å². The van der Waals surface area contributed by atoms with Gasteiger partial charge in [-0.2, -0.15) is 0 Å². The van der Waals surface area contributed by atoms with Gasteiger partial charge in [0.15, 0.2) is 0 Å². The molecule has 0 aliphatic heterocycles. The molecule has 0 heterocycles. The van der Waals surface area contributed by atoms with Crippen LogP contribution in [0.1, 0.15) is 41.0 Å². The molecule has 3 nitrogen and oxygen atoms in total. The number of hydrogen-bond donors (Lipinski definition) is 2. The lowest BCUT2D eigenvalue weighted by molar-refractivity contribution is -0.141. The van der Waals surface area contributed by atoms with Gasteiger partial charge in [-0.3, -0.25) is 4.79 Å². The molecule has 15 heavy (non-hydrogen) atoms. The minimum atomic E-state index is -0.708. The summed E-state index contributed by atoms with van der Waals surface area (Å²) in [6.07, 6.45) is 0.698. The van der Waals surface area contributed by atoms with E-state index in [1.807, 2.05) is 0 Å². The highest BCUT2D eigenvalue weighted by molar-refractivity contribution is 5.69. The van der Waals surface area contributed by atoms with Crippen LogP contribution in [-0.4, -0.2) is 24.2 Å². The largest absolute Gasteiger partial charge is 0.481 e. The summed E-state index contributed by atoms with van der Waals surface area (Å²) >= 11 is 0. The van der Waals surface area contributed by atoms with Crippen molar-refractivity contribution in [2.75, 3.05) is 13.1 Å².